The van der Waals surface area contributed by atoms with Gasteiger partial charge < -0.3 is 4.74 Å². The van der Waals surface area contributed by atoms with Crippen LogP contribution in [0.25, 0.3) is 6.08 Å². The summed E-state index contributed by atoms with van der Waals surface area (Å²) in [5.41, 5.74) is 0.738. The summed E-state index contributed by atoms with van der Waals surface area (Å²) < 4.78 is 4.38. The smallest absolute Gasteiger partial charge is 0.313 e. The van der Waals surface area contributed by atoms with Crippen molar-refractivity contribution in [1.82, 2.24) is 0 Å². The third-order valence-corrected chi connectivity index (χ3v) is 2.24. The molecule has 1 rings (SSSR count). The van der Waals surface area contributed by atoms with Crippen LogP contribution in [0.15, 0.2) is 30.3 Å². The number of ether oxygens (including phenoxy) is 1. The van der Waals surface area contributed by atoms with Crippen LogP contribution in [0.1, 0.15) is 12.0 Å². The number of rotatable bonds is 4. The second kappa shape index (κ2) is 6.08. The molecule has 1 aromatic carbocycles. The minimum absolute atomic E-state index is 0.253. The Morgan fingerprint density at radius 3 is 2.69 bits per heavy atom. The van der Waals surface area contributed by atoms with Crippen molar-refractivity contribution in [3.8, 4) is 0 Å². The first-order valence-electron chi connectivity index (χ1n) is 4.65. The average molecular weight is 239 g/mol. The third-order valence-electron chi connectivity index (χ3n) is 1.90. The van der Waals surface area contributed by atoms with Crippen LogP contribution in [-0.4, -0.2) is 18.9 Å². The molecule has 0 saturated carbocycles. The first-order valence-corrected chi connectivity index (χ1v) is 5.03. The molecule has 0 aliphatic heterocycles. The highest BCUT2D eigenvalue weighted by atomic mass is 35.5. The van der Waals surface area contributed by atoms with Crippen molar-refractivity contribution in [3.05, 3.63) is 40.9 Å². The molecule has 0 fully saturated rings. The predicted octanol–water partition coefficient (Wildman–Crippen LogP) is 2.49. The van der Waals surface area contributed by atoms with Gasteiger partial charge >= 0.3 is 5.97 Å². The summed E-state index contributed by atoms with van der Waals surface area (Å²) in [6.45, 7) is 0. The lowest BCUT2D eigenvalue weighted by atomic mass is 10.2. The monoisotopic (exact) mass is 238 g/mol. The quantitative estimate of drug-likeness (QED) is 0.460. The highest BCUT2D eigenvalue weighted by Gasteiger charge is 2.05. The van der Waals surface area contributed by atoms with Gasteiger partial charge in [-0.2, -0.15) is 0 Å². The van der Waals surface area contributed by atoms with E-state index in [2.05, 4.69) is 4.74 Å². The fourth-order valence-corrected chi connectivity index (χ4v) is 1.27. The van der Waals surface area contributed by atoms with E-state index >= 15 is 0 Å². The van der Waals surface area contributed by atoms with E-state index in [9.17, 15) is 9.59 Å². The van der Waals surface area contributed by atoms with Crippen LogP contribution < -0.4 is 0 Å². The van der Waals surface area contributed by atoms with E-state index in [-0.39, 0.29) is 12.2 Å². The third kappa shape index (κ3) is 3.87. The highest BCUT2D eigenvalue weighted by Crippen LogP contribution is 2.16. The Hall–Kier alpha value is -1.61. The summed E-state index contributed by atoms with van der Waals surface area (Å²) in [7, 11) is 1.24. The van der Waals surface area contributed by atoms with E-state index in [0.29, 0.717) is 5.02 Å². The number of hydrogen-bond acceptors (Lipinski definition) is 3. The van der Waals surface area contributed by atoms with Crippen molar-refractivity contribution < 1.29 is 14.3 Å². The molecule has 0 unspecified atom stereocenters. The van der Waals surface area contributed by atoms with Gasteiger partial charge in [-0.1, -0.05) is 29.8 Å². The van der Waals surface area contributed by atoms with Crippen molar-refractivity contribution in [3.63, 3.8) is 0 Å². The molecule has 84 valence electrons. The first kappa shape index (κ1) is 12.5. The summed E-state index contributed by atoms with van der Waals surface area (Å²) >= 11 is 5.89. The van der Waals surface area contributed by atoms with Crippen molar-refractivity contribution >= 4 is 29.4 Å². The summed E-state index contributed by atoms with van der Waals surface area (Å²) in [4.78, 5) is 22.1. The van der Waals surface area contributed by atoms with Crippen LogP contribution in [0.2, 0.25) is 5.02 Å². The van der Waals surface area contributed by atoms with E-state index in [4.69, 9.17) is 11.6 Å². The highest BCUT2D eigenvalue weighted by molar-refractivity contribution is 6.32. The SMILES string of the molecule is COC(=O)CC(=O)C=Cc1ccccc1Cl. The lowest BCUT2D eigenvalue weighted by molar-refractivity contribution is -0.142. The largest absolute Gasteiger partial charge is 0.469 e. The Bertz CT molecular complexity index is 424. The number of allylic oxidation sites excluding steroid dienone is 1. The lowest BCUT2D eigenvalue weighted by Gasteiger charge is -1.96. The van der Waals surface area contributed by atoms with E-state index in [1.165, 1.54) is 13.2 Å². The second-order valence-corrected chi connectivity index (χ2v) is 3.48. The Balaban J connectivity index is 2.64. The molecule has 0 heterocycles. The molecule has 0 aromatic heterocycles. The topological polar surface area (TPSA) is 43.4 Å². The van der Waals surface area contributed by atoms with E-state index in [1.807, 2.05) is 6.07 Å². The minimum atomic E-state index is -0.547. The molecular weight excluding hydrogens is 228 g/mol. The van der Waals surface area contributed by atoms with Crippen LogP contribution in [-0.2, 0) is 14.3 Å². The molecule has 0 radical (unpaired) electrons. The summed E-state index contributed by atoms with van der Waals surface area (Å²) in [5, 5.41) is 0.560. The zero-order valence-electron chi connectivity index (χ0n) is 8.77. The summed E-state index contributed by atoms with van der Waals surface area (Å²) in [5.74, 6) is -0.861. The number of ketones is 1. The maximum Gasteiger partial charge on any atom is 0.313 e. The number of carbonyl (C=O) groups is 2. The molecule has 0 aliphatic rings. The van der Waals surface area contributed by atoms with Gasteiger partial charge in [0.25, 0.3) is 0 Å². The minimum Gasteiger partial charge on any atom is -0.469 e. The molecule has 0 bridgehead atoms. The van der Waals surface area contributed by atoms with Crippen LogP contribution in [0.3, 0.4) is 0 Å². The fraction of sp³-hybridized carbons (Fsp3) is 0.167. The molecule has 0 aliphatic carbocycles. The molecule has 3 nitrogen and oxygen atoms in total. The maximum atomic E-state index is 11.3. The van der Waals surface area contributed by atoms with Crippen molar-refractivity contribution in [1.29, 1.82) is 0 Å². The molecule has 1 aromatic rings. The number of carbonyl (C=O) groups excluding carboxylic acids is 2. The Kier molecular flexibility index (Phi) is 4.73. The molecule has 16 heavy (non-hydrogen) atoms. The zero-order valence-corrected chi connectivity index (χ0v) is 9.53. The van der Waals surface area contributed by atoms with Crippen LogP contribution >= 0.6 is 11.6 Å². The number of halogens is 1. The first-order chi connectivity index (χ1) is 7.63. The molecule has 4 heteroatoms. The number of esters is 1. The lowest BCUT2D eigenvalue weighted by Crippen LogP contribution is -2.06. The maximum absolute atomic E-state index is 11.3. The van der Waals surface area contributed by atoms with Crippen molar-refractivity contribution in [2.75, 3.05) is 7.11 Å². The van der Waals surface area contributed by atoms with Gasteiger partial charge in [-0.3, -0.25) is 9.59 Å². The molecule has 0 saturated heterocycles. The van der Waals surface area contributed by atoms with E-state index in [1.54, 1.807) is 24.3 Å². The Morgan fingerprint density at radius 2 is 2.06 bits per heavy atom. The van der Waals surface area contributed by atoms with E-state index in [0.717, 1.165) is 5.56 Å². The standard InChI is InChI=1S/C12H11ClO3/c1-16-12(15)8-10(14)7-6-9-4-2-3-5-11(9)13/h2-7H,8H2,1H3. The van der Waals surface area contributed by atoms with Crippen molar-refractivity contribution in [2.24, 2.45) is 0 Å². The molecule has 0 amide bonds. The Labute approximate surface area is 98.7 Å². The van der Waals surface area contributed by atoms with Crippen LogP contribution in [0, 0.1) is 0 Å². The van der Waals surface area contributed by atoms with Gasteiger partial charge in [0, 0.05) is 5.02 Å². The molecule has 0 atom stereocenters. The number of methoxy groups -OCH3 is 1. The van der Waals surface area contributed by atoms with Crippen LogP contribution in [0.4, 0.5) is 0 Å². The average Bonchev–Trinajstić information content (AvgIpc) is 2.28. The molecule has 0 N–H and O–H groups in total. The van der Waals surface area contributed by atoms with Gasteiger partial charge in [-0.25, -0.2) is 0 Å². The molecular formula is C12H11ClO3. The number of benzene rings is 1. The second-order valence-electron chi connectivity index (χ2n) is 3.07. The Morgan fingerprint density at radius 1 is 1.38 bits per heavy atom. The number of hydrogen-bond donors (Lipinski definition) is 0. The predicted molar refractivity (Wildman–Crippen MR) is 62.1 cm³/mol. The van der Waals surface area contributed by atoms with Crippen LogP contribution in [0.5, 0.6) is 0 Å². The normalized spacial score (nSPS) is 10.4. The van der Waals surface area contributed by atoms with Gasteiger partial charge in [0.15, 0.2) is 5.78 Å². The van der Waals surface area contributed by atoms with Gasteiger partial charge in [0.05, 0.1) is 7.11 Å². The van der Waals surface area contributed by atoms with Crippen molar-refractivity contribution in [2.45, 2.75) is 6.42 Å². The summed E-state index contributed by atoms with van der Waals surface area (Å²) in [6, 6.07) is 7.13. The molecule has 0 spiro atoms. The van der Waals surface area contributed by atoms with Gasteiger partial charge in [0.1, 0.15) is 6.42 Å². The zero-order chi connectivity index (χ0) is 12.0. The van der Waals surface area contributed by atoms with Gasteiger partial charge in [-0.05, 0) is 23.8 Å². The van der Waals surface area contributed by atoms with Gasteiger partial charge in [0.2, 0.25) is 0 Å². The fourth-order valence-electron chi connectivity index (χ4n) is 1.07. The summed E-state index contributed by atoms with van der Waals surface area (Å²) in [6.07, 6.45) is 2.64. The van der Waals surface area contributed by atoms with Gasteiger partial charge in [-0.15, -0.1) is 0 Å². The van der Waals surface area contributed by atoms with E-state index < -0.39 is 5.97 Å².